The van der Waals surface area contributed by atoms with E-state index in [9.17, 15) is 18.0 Å². The van der Waals surface area contributed by atoms with Gasteiger partial charge >= 0.3 is 11.9 Å². The number of carbonyl (C=O) groups is 2. The monoisotopic (exact) mass is 387 g/mol. The van der Waals surface area contributed by atoms with Crippen LogP contribution in [0.1, 0.15) is 16.1 Å². The minimum absolute atomic E-state index is 0.00115. The van der Waals surface area contributed by atoms with Crippen molar-refractivity contribution in [3.63, 3.8) is 0 Å². The minimum atomic E-state index is -4.07. The maximum absolute atomic E-state index is 13.3. The van der Waals surface area contributed by atoms with Crippen LogP contribution in [0.3, 0.4) is 0 Å². The highest BCUT2D eigenvalue weighted by Gasteiger charge is 2.31. The molecule has 0 aliphatic rings. The SMILES string of the molecule is COC(=O)Cc1c(C(=O)OC)c2ccccc2n1S(=O)(=O)c1ccccc1. The van der Waals surface area contributed by atoms with Crippen LogP contribution in [0, 0.1) is 0 Å². The Labute approximate surface area is 156 Å². The van der Waals surface area contributed by atoms with Gasteiger partial charge in [0.15, 0.2) is 0 Å². The van der Waals surface area contributed by atoms with Crippen molar-refractivity contribution >= 4 is 32.9 Å². The summed E-state index contributed by atoms with van der Waals surface area (Å²) >= 11 is 0. The molecule has 0 N–H and O–H groups in total. The molecule has 0 aliphatic carbocycles. The summed E-state index contributed by atoms with van der Waals surface area (Å²) < 4.78 is 37.2. The van der Waals surface area contributed by atoms with Crippen LogP contribution in [-0.4, -0.2) is 38.5 Å². The Hall–Kier alpha value is -3.13. The molecule has 0 spiro atoms. The van der Waals surface area contributed by atoms with Gasteiger partial charge in [-0.15, -0.1) is 0 Å². The first kappa shape index (κ1) is 18.7. The quantitative estimate of drug-likeness (QED) is 0.624. The van der Waals surface area contributed by atoms with Gasteiger partial charge in [0.05, 0.1) is 42.3 Å². The van der Waals surface area contributed by atoms with Crippen molar-refractivity contribution in [2.75, 3.05) is 14.2 Å². The molecule has 0 atom stereocenters. The van der Waals surface area contributed by atoms with Gasteiger partial charge in [0, 0.05) is 5.39 Å². The van der Waals surface area contributed by atoms with Crippen molar-refractivity contribution in [1.82, 2.24) is 3.97 Å². The molecule has 8 heteroatoms. The molecule has 1 heterocycles. The minimum Gasteiger partial charge on any atom is -0.469 e. The van der Waals surface area contributed by atoms with E-state index in [1.807, 2.05) is 0 Å². The van der Waals surface area contributed by atoms with Gasteiger partial charge in [-0.05, 0) is 18.2 Å². The summed E-state index contributed by atoms with van der Waals surface area (Å²) in [6, 6.07) is 14.3. The van der Waals surface area contributed by atoms with Crippen LogP contribution in [-0.2, 0) is 30.7 Å². The highest BCUT2D eigenvalue weighted by Crippen LogP contribution is 2.31. The van der Waals surface area contributed by atoms with Gasteiger partial charge in [0.2, 0.25) is 0 Å². The lowest BCUT2D eigenvalue weighted by Crippen LogP contribution is -2.20. The number of fused-ring (bicyclic) bond motifs is 1. The third-order valence-corrected chi connectivity index (χ3v) is 5.90. The zero-order valence-electron chi connectivity index (χ0n) is 14.7. The molecule has 0 aliphatic heterocycles. The fourth-order valence-corrected chi connectivity index (χ4v) is 4.51. The van der Waals surface area contributed by atoms with Crippen molar-refractivity contribution in [2.24, 2.45) is 0 Å². The van der Waals surface area contributed by atoms with Crippen LogP contribution < -0.4 is 0 Å². The van der Waals surface area contributed by atoms with E-state index in [-0.39, 0.29) is 21.7 Å². The number of esters is 2. The van der Waals surface area contributed by atoms with Crippen molar-refractivity contribution in [2.45, 2.75) is 11.3 Å². The van der Waals surface area contributed by atoms with Crippen LogP contribution in [0.25, 0.3) is 10.9 Å². The number of carbonyl (C=O) groups excluding carboxylic acids is 2. The molecule has 0 bridgehead atoms. The predicted molar refractivity (Wildman–Crippen MR) is 98.0 cm³/mol. The molecule has 0 saturated heterocycles. The van der Waals surface area contributed by atoms with E-state index in [1.54, 1.807) is 42.5 Å². The Bertz CT molecular complexity index is 1120. The third kappa shape index (κ3) is 3.19. The third-order valence-electron chi connectivity index (χ3n) is 4.14. The van der Waals surface area contributed by atoms with Gasteiger partial charge in [-0.1, -0.05) is 36.4 Å². The highest BCUT2D eigenvalue weighted by molar-refractivity contribution is 7.90. The van der Waals surface area contributed by atoms with Gasteiger partial charge < -0.3 is 9.47 Å². The summed E-state index contributed by atoms with van der Waals surface area (Å²) in [7, 11) is -1.68. The average Bonchev–Trinajstić information content (AvgIpc) is 3.02. The lowest BCUT2D eigenvalue weighted by molar-refractivity contribution is -0.139. The molecule has 7 nitrogen and oxygen atoms in total. The van der Waals surface area contributed by atoms with Crippen LogP contribution in [0.15, 0.2) is 59.5 Å². The number of aromatic nitrogens is 1. The molecule has 0 amide bonds. The van der Waals surface area contributed by atoms with E-state index in [4.69, 9.17) is 9.47 Å². The van der Waals surface area contributed by atoms with Gasteiger partial charge in [0.25, 0.3) is 10.0 Å². The number of rotatable bonds is 5. The summed E-state index contributed by atoms with van der Waals surface area (Å²) in [5.41, 5.74) is 0.303. The largest absolute Gasteiger partial charge is 0.469 e. The standard InChI is InChI=1S/C19H17NO6S/c1-25-17(21)12-16-18(19(22)26-2)14-10-6-7-11-15(14)20(16)27(23,24)13-8-4-3-5-9-13/h3-11H,12H2,1-2H3. The van der Waals surface area contributed by atoms with Crippen LogP contribution in [0.2, 0.25) is 0 Å². The van der Waals surface area contributed by atoms with Gasteiger partial charge in [-0.25, -0.2) is 17.2 Å². The molecule has 1 aromatic heterocycles. The Morgan fingerprint density at radius 3 is 2.19 bits per heavy atom. The lowest BCUT2D eigenvalue weighted by atomic mass is 10.1. The summed E-state index contributed by atoms with van der Waals surface area (Å²) in [4.78, 5) is 24.4. The van der Waals surface area contributed by atoms with E-state index in [0.717, 1.165) is 3.97 Å². The molecule has 27 heavy (non-hydrogen) atoms. The Morgan fingerprint density at radius 2 is 1.56 bits per heavy atom. The maximum atomic E-state index is 13.3. The Kier molecular flexibility index (Phi) is 5.00. The first-order chi connectivity index (χ1) is 12.9. The smallest absolute Gasteiger partial charge is 0.340 e. The number of hydrogen-bond donors (Lipinski definition) is 0. The van der Waals surface area contributed by atoms with Crippen LogP contribution in [0.4, 0.5) is 0 Å². The van der Waals surface area contributed by atoms with E-state index >= 15 is 0 Å². The molecule has 0 saturated carbocycles. The zero-order chi connectivity index (χ0) is 19.6. The van der Waals surface area contributed by atoms with Crippen molar-refractivity contribution in [3.05, 3.63) is 65.9 Å². The number of ether oxygens (including phenoxy) is 2. The number of para-hydroxylation sites is 1. The molecule has 0 unspecified atom stereocenters. The van der Waals surface area contributed by atoms with E-state index < -0.39 is 28.4 Å². The molecule has 2 aromatic carbocycles. The van der Waals surface area contributed by atoms with Crippen molar-refractivity contribution in [1.29, 1.82) is 0 Å². The topological polar surface area (TPSA) is 91.7 Å². The zero-order valence-corrected chi connectivity index (χ0v) is 15.5. The van der Waals surface area contributed by atoms with E-state index in [1.165, 1.54) is 26.4 Å². The van der Waals surface area contributed by atoms with Crippen LogP contribution >= 0.6 is 0 Å². The van der Waals surface area contributed by atoms with E-state index in [0.29, 0.717) is 5.39 Å². The summed E-state index contributed by atoms with van der Waals surface area (Å²) in [5, 5.41) is 0.378. The Morgan fingerprint density at radius 1 is 0.926 bits per heavy atom. The summed E-state index contributed by atoms with van der Waals surface area (Å²) in [6.45, 7) is 0. The molecule has 140 valence electrons. The Balaban J connectivity index is 2.42. The second-order valence-corrected chi connectivity index (χ2v) is 7.45. The van der Waals surface area contributed by atoms with E-state index in [2.05, 4.69) is 0 Å². The average molecular weight is 387 g/mol. The van der Waals surface area contributed by atoms with Gasteiger partial charge in [-0.2, -0.15) is 0 Å². The first-order valence-electron chi connectivity index (χ1n) is 8.00. The number of hydrogen-bond acceptors (Lipinski definition) is 6. The van der Waals surface area contributed by atoms with Gasteiger partial charge in [0.1, 0.15) is 0 Å². The molecular formula is C19H17NO6S. The number of benzene rings is 2. The lowest BCUT2D eigenvalue weighted by Gasteiger charge is -2.12. The fraction of sp³-hybridized carbons (Fsp3) is 0.158. The first-order valence-corrected chi connectivity index (χ1v) is 9.44. The maximum Gasteiger partial charge on any atom is 0.340 e. The summed E-state index contributed by atoms with van der Waals surface area (Å²) in [6.07, 6.45) is -0.401. The number of methoxy groups -OCH3 is 2. The normalized spacial score (nSPS) is 11.3. The molecule has 3 aromatic rings. The fourth-order valence-electron chi connectivity index (χ4n) is 2.94. The van der Waals surface area contributed by atoms with Crippen molar-refractivity contribution in [3.8, 4) is 0 Å². The summed E-state index contributed by atoms with van der Waals surface area (Å²) in [5.74, 6) is -1.40. The van der Waals surface area contributed by atoms with Crippen molar-refractivity contribution < 1.29 is 27.5 Å². The predicted octanol–water partition coefficient (Wildman–Crippen LogP) is 2.38. The molecule has 0 fully saturated rings. The van der Waals surface area contributed by atoms with Gasteiger partial charge in [-0.3, -0.25) is 4.79 Å². The van der Waals surface area contributed by atoms with Crippen LogP contribution in [0.5, 0.6) is 0 Å². The second kappa shape index (κ2) is 7.24. The molecule has 0 radical (unpaired) electrons. The molecular weight excluding hydrogens is 370 g/mol. The number of nitrogens with zero attached hydrogens (tertiary/aromatic N) is 1. The second-order valence-electron chi connectivity index (χ2n) is 5.67. The highest BCUT2D eigenvalue weighted by atomic mass is 32.2. The molecule has 3 rings (SSSR count).